The number of nitrogens with one attached hydrogen (secondary N) is 1. The van der Waals surface area contributed by atoms with Crippen molar-refractivity contribution in [2.24, 2.45) is 5.92 Å². The Bertz CT molecular complexity index is 1360. The van der Waals surface area contributed by atoms with Crippen LogP contribution < -0.4 is 10.2 Å². The Kier molecular flexibility index (Phi) is 11.9. The third-order valence-electron chi connectivity index (χ3n) is 8.68. The molecule has 44 heavy (non-hydrogen) atoms. The van der Waals surface area contributed by atoms with E-state index in [1.165, 1.54) is 6.33 Å². The van der Waals surface area contributed by atoms with Crippen molar-refractivity contribution in [2.75, 3.05) is 81.4 Å². The molecule has 240 valence electrons. The lowest BCUT2D eigenvalue weighted by Gasteiger charge is -2.36. The maximum Gasteiger partial charge on any atom is 0.276 e. The number of fused-ring (bicyclic) bond motifs is 1. The van der Waals surface area contributed by atoms with Crippen molar-refractivity contribution < 1.29 is 22.5 Å². The highest BCUT2D eigenvalue weighted by molar-refractivity contribution is 7.85. The fraction of sp³-hybridized carbons (Fsp3) is 0.576. The van der Waals surface area contributed by atoms with Crippen LogP contribution in [0.5, 0.6) is 0 Å². The number of ether oxygens (including phenoxy) is 2. The number of methoxy groups -OCH3 is 1. The number of anilines is 2. The minimum atomic E-state index is -2.89. The molecule has 0 saturated carbocycles. The molecule has 0 aliphatic carbocycles. The number of hydrogen-bond donors (Lipinski definition) is 1. The summed E-state index contributed by atoms with van der Waals surface area (Å²) in [7, 11) is 0.959. The van der Waals surface area contributed by atoms with Crippen LogP contribution in [0.4, 0.5) is 20.3 Å². The fourth-order valence-electron chi connectivity index (χ4n) is 6.05. The van der Waals surface area contributed by atoms with Crippen LogP contribution in [0.3, 0.4) is 0 Å². The summed E-state index contributed by atoms with van der Waals surface area (Å²) < 4.78 is 54.0. The van der Waals surface area contributed by atoms with E-state index in [1.807, 2.05) is 18.2 Å². The van der Waals surface area contributed by atoms with Crippen molar-refractivity contribution in [3.8, 4) is 0 Å². The number of nitrogens with zero attached hydrogens (tertiary/aromatic N) is 4. The van der Waals surface area contributed by atoms with Crippen LogP contribution in [0.1, 0.15) is 43.2 Å². The van der Waals surface area contributed by atoms with Crippen molar-refractivity contribution in [3.63, 3.8) is 0 Å². The van der Waals surface area contributed by atoms with Crippen molar-refractivity contribution >= 4 is 33.2 Å². The van der Waals surface area contributed by atoms with E-state index in [-0.39, 0.29) is 5.56 Å². The Balaban J connectivity index is 1.13. The quantitative estimate of drug-likeness (QED) is 0.223. The van der Waals surface area contributed by atoms with Crippen LogP contribution in [0.15, 0.2) is 48.8 Å². The number of benzene rings is 2. The molecular formula is C33H45F2N5O3S. The standard InChI is InChI=1S/C33H45F2N5O3S/c1-42-17-2-3-18-43-19-5-12-39-13-10-27(11-14-39)33(34,35)28-7-4-6-26(22-28)24-36-32-30-23-29(8-9-31(30)37-25-38-32)40-15-20-44(41)21-16-40/h4,6-9,22-23,25,27H,2-3,5,10-21,24H2,1H3,(H,36,37,38). The monoisotopic (exact) mass is 629 g/mol. The second kappa shape index (κ2) is 16.0. The first-order valence-electron chi connectivity index (χ1n) is 15.8. The Morgan fingerprint density at radius 2 is 1.75 bits per heavy atom. The molecule has 3 aromatic rings. The molecule has 0 unspecified atom stereocenters. The molecule has 2 aromatic carbocycles. The molecule has 2 aliphatic rings. The minimum Gasteiger partial charge on any atom is -0.385 e. The van der Waals surface area contributed by atoms with Crippen LogP contribution in [0, 0.1) is 5.92 Å². The Hall–Kier alpha value is -2.73. The van der Waals surface area contributed by atoms with Gasteiger partial charge in [0.2, 0.25) is 0 Å². The molecule has 5 rings (SSSR count). The van der Waals surface area contributed by atoms with E-state index in [1.54, 1.807) is 25.3 Å². The van der Waals surface area contributed by atoms with E-state index in [0.29, 0.717) is 56.4 Å². The van der Waals surface area contributed by atoms with Crippen LogP contribution in [-0.2, 0) is 32.7 Å². The summed E-state index contributed by atoms with van der Waals surface area (Å²) in [6, 6.07) is 12.8. The molecule has 8 nitrogen and oxygen atoms in total. The second-order valence-electron chi connectivity index (χ2n) is 11.7. The fourth-order valence-corrected chi connectivity index (χ4v) is 7.10. The van der Waals surface area contributed by atoms with Gasteiger partial charge in [-0.15, -0.1) is 0 Å². The summed E-state index contributed by atoms with van der Waals surface area (Å²) in [5, 5.41) is 4.23. The molecule has 1 aromatic heterocycles. The maximum atomic E-state index is 15.7. The molecule has 2 fully saturated rings. The minimum absolute atomic E-state index is 0.0782. The van der Waals surface area contributed by atoms with Gasteiger partial charge in [-0.1, -0.05) is 18.2 Å². The largest absolute Gasteiger partial charge is 0.385 e. The Morgan fingerprint density at radius 1 is 0.977 bits per heavy atom. The SMILES string of the molecule is COCCCCOCCCN1CCC(C(F)(F)c2cccc(CNc3ncnc4ccc(N5CCS(=O)CC5)cc34)c2)CC1. The second-order valence-corrected chi connectivity index (χ2v) is 13.4. The highest BCUT2D eigenvalue weighted by Crippen LogP contribution is 2.41. The normalized spacial score (nSPS) is 17.4. The number of hydrogen-bond acceptors (Lipinski definition) is 8. The average Bonchev–Trinajstić information content (AvgIpc) is 3.05. The highest BCUT2D eigenvalue weighted by Gasteiger charge is 2.42. The number of likely N-dealkylation sites (tertiary alicyclic amines) is 1. The summed E-state index contributed by atoms with van der Waals surface area (Å²) >= 11 is 0. The zero-order chi connectivity index (χ0) is 30.8. The first kappa shape index (κ1) is 32.7. The molecule has 0 amide bonds. The number of rotatable bonds is 15. The lowest BCUT2D eigenvalue weighted by atomic mass is 9.86. The van der Waals surface area contributed by atoms with Gasteiger partial charge >= 0.3 is 0 Å². The molecule has 11 heteroatoms. The molecule has 0 spiro atoms. The smallest absolute Gasteiger partial charge is 0.276 e. The topological polar surface area (TPSA) is 79.8 Å². The number of alkyl halides is 2. The first-order valence-corrected chi connectivity index (χ1v) is 17.3. The van der Waals surface area contributed by atoms with Gasteiger partial charge in [0, 0.05) is 98.0 Å². The zero-order valence-electron chi connectivity index (χ0n) is 25.7. The van der Waals surface area contributed by atoms with E-state index in [2.05, 4.69) is 31.2 Å². The number of piperidine rings is 1. The van der Waals surface area contributed by atoms with E-state index in [0.717, 1.165) is 74.3 Å². The van der Waals surface area contributed by atoms with Gasteiger partial charge in [-0.2, -0.15) is 0 Å². The number of unbranched alkanes of at least 4 members (excludes halogenated alkanes) is 1. The van der Waals surface area contributed by atoms with Crippen LogP contribution in [0.2, 0.25) is 0 Å². The summed E-state index contributed by atoms with van der Waals surface area (Å²) in [6.07, 6.45) is 5.40. The van der Waals surface area contributed by atoms with Gasteiger partial charge < -0.3 is 24.6 Å². The summed E-state index contributed by atoms with van der Waals surface area (Å²) in [6.45, 7) is 6.34. The molecule has 0 bridgehead atoms. The van der Waals surface area contributed by atoms with Crippen molar-refractivity contribution in [2.45, 2.75) is 44.6 Å². The lowest BCUT2D eigenvalue weighted by Crippen LogP contribution is -2.40. The van der Waals surface area contributed by atoms with Crippen LogP contribution in [-0.4, -0.2) is 90.2 Å². The van der Waals surface area contributed by atoms with Crippen molar-refractivity contribution in [3.05, 3.63) is 59.9 Å². The molecular weight excluding hydrogens is 584 g/mol. The molecule has 0 radical (unpaired) electrons. The van der Waals surface area contributed by atoms with Gasteiger partial charge in [-0.3, -0.25) is 4.21 Å². The number of halogens is 2. The van der Waals surface area contributed by atoms with Gasteiger partial charge in [-0.05, 0) is 75.0 Å². The van der Waals surface area contributed by atoms with Crippen LogP contribution >= 0.6 is 0 Å². The highest BCUT2D eigenvalue weighted by atomic mass is 32.2. The summed E-state index contributed by atoms with van der Waals surface area (Å²) in [5.41, 5.74) is 2.71. The molecule has 3 heterocycles. The summed E-state index contributed by atoms with van der Waals surface area (Å²) in [5.74, 6) is -1.56. The third-order valence-corrected chi connectivity index (χ3v) is 9.96. The molecule has 1 N–H and O–H groups in total. The van der Waals surface area contributed by atoms with Gasteiger partial charge in [-0.25, -0.2) is 18.7 Å². The Morgan fingerprint density at radius 3 is 2.55 bits per heavy atom. The van der Waals surface area contributed by atoms with Crippen molar-refractivity contribution in [1.29, 1.82) is 0 Å². The average molecular weight is 630 g/mol. The third kappa shape index (κ3) is 8.71. The van der Waals surface area contributed by atoms with E-state index in [4.69, 9.17) is 9.47 Å². The van der Waals surface area contributed by atoms with Gasteiger partial charge in [0.05, 0.1) is 5.52 Å². The van der Waals surface area contributed by atoms with Crippen LogP contribution in [0.25, 0.3) is 10.9 Å². The van der Waals surface area contributed by atoms with E-state index >= 15 is 8.78 Å². The number of aromatic nitrogens is 2. The lowest BCUT2D eigenvalue weighted by molar-refractivity contribution is -0.0857. The van der Waals surface area contributed by atoms with Gasteiger partial charge in [0.15, 0.2) is 0 Å². The van der Waals surface area contributed by atoms with Gasteiger partial charge in [0.1, 0.15) is 12.1 Å². The Labute approximate surface area is 262 Å². The van der Waals surface area contributed by atoms with Crippen molar-refractivity contribution in [1.82, 2.24) is 14.9 Å². The molecule has 2 aliphatic heterocycles. The predicted octanol–water partition coefficient (Wildman–Crippen LogP) is 5.45. The zero-order valence-corrected chi connectivity index (χ0v) is 26.5. The molecule has 2 saturated heterocycles. The van der Waals surface area contributed by atoms with E-state index in [9.17, 15) is 4.21 Å². The molecule has 0 atom stereocenters. The first-order chi connectivity index (χ1) is 21.4. The summed E-state index contributed by atoms with van der Waals surface area (Å²) in [4.78, 5) is 13.4. The maximum absolute atomic E-state index is 15.7. The van der Waals surface area contributed by atoms with Gasteiger partial charge in [0.25, 0.3) is 5.92 Å². The predicted molar refractivity (Wildman–Crippen MR) is 173 cm³/mol. The van der Waals surface area contributed by atoms with E-state index < -0.39 is 22.6 Å².